The van der Waals surface area contributed by atoms with Crippen LogP contribution in [0, 0.1) is 6.92 Å². The number of nitrogens with two attached hydrogens (primary N) is 1. The molecule has 0 fully saturated rings. The molecule has 14 heavy (non-hydrogen) atoms. The topological polar surface area (TPSA) is 26.0 Å². The van der Waals surface area contributed by atoms with Gasteiger partial charge in [-0.15, -0.1) is 0 Å². The number of benzene rings is 1. The third-order valence-corrected chi connectivity index (χ3v) is 2.79. The summed E-state index contributed by atoms with van der Waals surface area (Å²) in [6.45, 7) is 2.13. The normalized spacial score (nSPS) is 21.9. The van der Waals surface area contributed by atoms with E-state index in [0.29, 0.717) is 0 Å². The van der Waals surface area contributed by atoms with Crippen LogP contribution >= 0.6 is 0 Å². The van der Waals surface area contributed by atoms with Gasteiger partial charge in [-0.25, -0.2) is 0 Å². The average Bonchev–Trinajstić information content (AvgIpc) is 2.18. The Kier molecular flexibility index (Phi) is 2.69. The lowest BCUT2D eigenvalue weighted by atomic mass is 9.91. The molecule has 2 N–H and O–H groups in total. The lowest BCUT2D eigenvalue weighted by Gasteiger charge is -2.18. The molecule has 1 nitrogen and oxygen atoms in total. The van der Waals surface area contributed by atoms with Crippen LogP contribution in [-0.4, -0.2) is 6.04 Å². The van der Waals surface area contributed by atoms with Crippen molar-refractivity contribution in [3.05, 3.63) is 41.5 Å². The zero-order valence-electron chi connectivity index (χ0n) is 8.66. The van der Waals surface area contributed by atoms with Crippen molar-refractivity contribution >= 4 is 5.57 Å². The van der Waals surface area contributed by atoms with E-state index in [1.54, 1.807) is 0 Å². The Bertz CT molecular complexity index is 352. The molecule has 0 bridgehead atoms. The molecule has 0 aromatic heterocycles. The van der Waals surface area contributed by atoms with Gasteiger partial charge >= 0.3 is 0 Å². The molecule has 1 heteroatoms. The van der Waals surface area contributed by atoms with Crippen LogP contribution in [0.2, 0.25) is 0 Å². The molecule has 0 radical (unpaired) electrons. The van der Waals surface area contributed by atoms with E-state index in [1.807, 2.05) is 0 Å². The summed E-state index contributed by atoms with van der Waals surface area (Å²) >= 11 is 0. The summed E-state index contributed by atoms with van der Waals surface area (Å²) in [6.07, 6.45) is 5.76. The third kappa shape index (κ3) is 2.05. The van der Waals surface area contributed by atoms with Crippen molar-refractivity contribution in [1.82, 2.24) is 0 Å². The van der Waals surface area contributed by atoms with Crippen LogP contribution in [0.3, 0.4) is 0 Å². The van der Waals surface area contributed by atoms with Crippen LogP contribution in [0.25, 0.3) is 5.57 Å². The molecule has 74 valence electrons. The van der Waals surface area contributed by atoms with Gasteiger partial charge in [0.2, 0.25) is 0 Å². The van der Waals surface area contributed by atoms with Gasteiger partial charge in [-0.05, 0) is 37.3 Å². The fourth-order valence-electron chi connectivity index (χ4n) is 2.04. The summed E-state index contributed by atoms with van der Waals surface area (Å²) in [7, 11) is 0. The van der Waals surface area contributed by atoms with Crippen LogP contribution in [0.4, 0.5) is 0 Å². The largest absolute Gasteiger partial charge is 0.324 e. The molecule has 1 unspecified atom stereocenters. The van der Waals surface area contributed by atoms with E-state index in [4.69, 9.17) is 5.73 Å². The minimum absolute atomic E-state index is 0.263. The summed E-state index contributed by atoms with van der Waals surface area (Å²) < 4.78 is 0. The maximum atomic E-state index is 5.92. The standard InChI is InChI=1S/C13H17N/c1-10-4-2-5-11(8-10)12-6-3-7-13(14)9-12/h2,4-5,8-9,13H,3,6-7,14H2,1H3. The zero-order chi connectivity index (χ0) is 9.97. The quantitative estimate of drug-likeness (QED) is 0.718. The van der Waals surface area contributed by atoms with E-state index in [2.05, 4.69) is 37.3 Å². The van der Waals surface area contributed by atoms with Crippen molar-refractivity contribution in [2.24, 2.45) is 5.73 Å². The van der Waals surface area contributed by atoms with Crippen molar-refractivity contribution < 1.29 is 0 Å². The van der Waals surface area contributed by atoms with Crippen molar-refractivity contribution in [3.8, 4) is 0 Å². The van der Waals surface area contributed by atoms with E-state index in [1.165, 1.54) is 29.5 Å². The van der Waals surface area contributed by atoms with Crippen molar-refractivity contribution in [2.45, 2.75) is 32.2 Å². The molecular formula is C13H17N. The van der Waals surface area contributed by atoms with Crippen LogP contribution < -0.4 is 5.73 Å². The molecular weight excluding hydrogens is 170 g/mol. The van der Waals surface area contributed by atoms with Gasteiger partial charge in [-0.2, -0.15) is 0 Å². The highest BCUT2D eigenvalue weighted by molar-refractivity contribution is 5.67. The molecule has 0 aliphatic heterocycles. The van der Waals surface area contributed by atoms with Gasteiger partial charge in [-0.3, -0.25) is 0 Å². The zero-order valence-corrected chi connectivity index (χ0v) is 8.66. The second kappa shape index (κ2) is 3.97. The van der Waals surface area contributed by atoms with E-state index in [0.717, 1.165) is 6.42 Å². The first kappa shape index (κ1) is 9.47. The van der Waals surface area contributed by atoms with E-state index < -0.39 is 0 Å². The number of hydrogen-bond donors (Lipinski definition) is 1. The number of hydrogen-bond acceptors (Lipinski definition) is 1. The summed E-state index contributed by atoms with van der Waals surface area (Å²) in [5, 5.41) is 0. The molecule has 2 rings (SSSR count). The van der Waals surface area contributed by atoms with E-state index >= 15 is 0 Å². The molecule has 0 saturated heterocycles. The summed E-state index contributed by atoms with van der Waals surface area (Å²) in [4.78, 5) is 0. The maximum Gasteiger partial charge on any atom is 0.0229 e. The van der Waals surface area contributed by atoms with Gasteiger partial charge in [0.1, 0.15) is 0 Å². The molecule has 1 aliphatic carbocycles. The number of rotatable bonds is 1. The van der Waals surface area contributed by atoms with Gasteiger partial charge in [0.05, 0.1) is 0 Å². The van der Waals surface area contributed by atoms with Crippen LogP contribution in [0.15, 0.2) is 30.3 Å². The maximum absolute atomic E-state index is 5.92. The highest BCUT2D eigenvalue weighted by Crippen LogP contribution is 2.26. The first-order valence-electron chi connectivity index (χ1n) is 5.29. The third-order valence-electron chi connectivity index (χ3n) is 2.79. The predicted molar refractivity (Wildman–Crippen MR) is 61.0 cm³/mol. The molecule has 0 amide bonds. The van der Waals surface area contributed by atoms with Gasteiger partial charge in [0, 0.05) is 6.04 Å². The SMILES string of the molecule is Cc1cccc(C2=CC(N)CCC2)c1. The van der Waals surface area contributed by atoms with Crippen LogP contribution in [0.1, 0.15) is 30.4 Å². The summed E-state index contributed by atoms with van der Waals surface area (Å²) in [6, 6.07) is 8.93. The fourth-order valence-corrected chi connectivity index (χ4v) is 2.04. The first-order valence-corrected chi connectivity index (χ1v) is 5.29. The Hall–Kier alpha value is -1.08. The van der Waals surface area contributed by atoms with Crippen LogP contribution in [-0.2, 0) is 0 Å². The summed E-state index contributed by atoms with van der Waals surface area (Å²) in [5.41, 5.74) is 10.0. The first-order chi connectivity index (χ1) is 6.75. The molecule has 0 saturated carbocycles. The summed E-state index contributed by atoms with van der Waals surface area (Å²) in [5.74, 6) is 0. The Morgan fingerprint density at radius 2 is 2.21 bits per heavy atom. The molecule has 1 aliphatic rings. The van der Waals surface area contributed by atoms with Gasteiger partial charge < -0.3 is 5.73 Å². The van der Waals surface area contributed by atoms with E-state index in [9.17, 15) is 0 Å². The Morgan fingerprint density at radius 3 is 2.93 bits per heavy atom. The second-order valence-electron chi connectivity index (χ2n) is 4.12. The molecule has 0 spiro atoms. The van der Waals surface area contributed by atoms with Gasteiger partial charge in [0.15, 0.2) is 0 Å². The smallest absolute Gasteiger partial charge is 0.0229 e. The molecule has 1 aromatic carbocycles. The minimum Gasteiger partial charge on any atom is -0.324 e. The van der Waals surface area contributed by atoms with Gasteiger partial charge in [-0.1, -0.05) is 35.9 Å². The Balaban J connectivity index is 2.30. The number of allylic oxidation sites excluding steroid dienone is 1. The lowest BCUT2D eigenvalue weighted by molar-refractivity contribution is 0.654. The molecule has 1 atom stereocenters. The van der Waals surface area contributed by atoms with Crippen molar-refractivity contribution in [3.63, 3.8) is 0 Å². The Labute approximate surface area is 85.6 Å². The second-order valence-corrected chi connectivity index (χ2v) is 4.12. The minimum atomic E-state index is 0.263. The lowest BCUT2D eigenvalue weighted by Crippen LogP contribution is -2.19. The molecule has 1 aromatic rings. The van der Waals surface area contributed by atoms with Crippen LogP contribution in [0.5, 0.6) is 0 Å². The molecule has 0 heterocycles. The average molecular weight is 187 g/mol. The fraction of sp³-hybridized carbons (Fsp3) is 0.385. The highest BCUT2D eigenvalue weighted by atomic mass is 14.6. The predicted octanol–water partition coefficient (Wildman–Crippen LogP) is 2.89. The highest BCUT2D eigenvalue weighted by Gasteiger charge is 2.10. The monoisotopic (exact) mass is 187 g/mol. The van der Waals surface area contributed by atoms with Crippen molar-refractivity contribution in [2.75, 3.05) is 0 Å². The Morgan fingerprint density at radius 1 is 1.36 bits per heavy atom. The van der Waals surface area contributed by atoms with E-state index in [-0.39, 0.29) is 6.04 Å². The number of aryl methyl sites for hydroxylation is 1. The van der Waals surface area contributed by atoms with Gasteiger partial charge in [0.25, 0.3) is 0 Å². The van der Waals surface area contributed by atoms with Crippen molar-refractivity contribution in [1.29, 1.82) is 0 Å².